The van der Waals surface area contributed by atoms with Crippen molar-refractivity contribution in [1.82, 2.24) is 0 Å². The van der Waals surface area contributed by atoms with Crippen molar-refractivity contribution < 1.29 is 19.0 Å². The van der Waals surface area contributed by atoms with E-state index in [1.165, 1.54) is 0 Å². The van der Waals surface area contributed by atoms with Gasteiger partial charge in [-0.2, -0.15) is 5.26 Å². The first-order chi connectivity index (χ1) is 14.8. The normalized spacial score (nSPS) is 19.5. The number of halogens is 2. The van der Waals surface area contributed by atoms with E-state index in [1.54, 1.807) is 42.5 Å². The lowest BCUT2D eigenvalue weighted by Gasteiger charge is -2.14. The van der Waals surface area contributed by atoms with Crippen molar-refractivity contribution in [2.75, 3.05) is 6.61 Å². The van der Waals surface area contributed by atoms with Crippen LogP contribution in [0.15, 0.2) is 59.1 Å². The Morgan fingerprint density at radius 3 is 2.45 bits per heavy atom. The first-order valence-corrected chi connectivity index (χ1v) is 10.7. The van der Waals surface area contributed by atoms with E-state index in [9.17, 15) is 10.1 Å². The standard InChI is InChI=1S/C24H23Cl2NO4/c1-4-29-16-8-10-17(11-9-16)30-18-7-5-6-15(12-18)20(14-27)31-23(28)22-19(13-21(25)26)24(22,2)3/h5-13,19-20,22H,4H2,1-3H3. The summed E-state index contributed by atoms with van der Waals surface area (Å²) in [4.78, 5) is 12.7. The predicted molar refractivity (Wildman–Crippen MR) is 119 cm³/mol. The fourth-order valence-electron chi connectivity index (χ4n) is 3.58. The largest absolute Gasteiger partial charge is 0.494 e. The monoisotopic (exact) mass is 459 g/mol. The molecule has 0 aromatic heterocycles. The second kappa shape index (κ2) is 9.64. The molecule has 1 saturated carbocycles. The fraction of sp³-hybridized carbons (Fsp3) is 0.333. The van der Waals surface area contributed by atoms with E-state index in [1.807, 2.05) is 39.0 Å². The molecule has 0 amide bonds. The number of ether oxygens (including phenoxy) is 3. The molecule has 1 aliphatic carbocycles. The van der Waals surface area contributed by atoms with Crippen molar-refractivity contribution in [3.05, 3.63) is 64.7 Å². The van der Waals surface area contributed by atoms with E-state index in [2.05, 4.69) is 0 Å². The Morgan fingerprint density at radius 2 is 1.84 bits per heavy atom. The fourth-order valence-corrected chi connectivity index (χ4v) is 3.85. The van der Waals surface area contributed by atoms with Gasteiger partial charge in [-0.3, -0.25) is 4.79 Å². The average Bonchev–Trinajstić information content (AvgIpc) is 3.27. The third-order valence-electron chi connectivity index (χ3n) is 5.35. The average molecular weight is 460 g/mol. The van der Waals surface area contributed by atoms with Gasteiger partial charge in [-0.1, -0.05) is 49.2 Å². The number of hydrogen-bond donors (Lipinski definition) is 0. The van der Waals surface area contributed by atoms with Gasteiger partial charge in [0, 0.05) is 5.56 Å². The number of nitriles is 1. The lowest BCUT2D eigenvalue weighted by atomic mass is 10.1. The molecule has 0 saturated heterocycles. The second-order valence-electron chi connectivity index (χ2n) is 7.81. The Bertz CT molecular complexity index is 1010. The Labute approximate surface area is 192 Å². The highest BCUT2D eigenvalue weighted by atomic mass is 35.5. The molecule has 31 heavy (non-hydrogen) atoms. The lowest BCUT2D eigenvalue weighted by molar-refractivity contribution is -0.149. The maximum Gasteiger partial charge on any atom is 0.311 e. The van der Waals surface area contributed by atoms with Crippen molar-refractivity contribution in [3.63, 3.8) is 0 Å². The number of benzene rings is 2. The van der Waals surface area contributed by atoms with Crippen LogP contribution in [0.4, 0.5) is 0 Å². The summed E-state index contributed by atoms with van der Waals surface area (Å²) in [6.45, 7) is 6.37. The van der Waals surface area contributed by atoms with Crippen LogP contribution < -0.4 is 9.47 Å². The predicted octanol–water partition coefficient (Wildman–Crippen LogP) is 6.58. The van der Waals surface area contributed by atoms with Gasteiger partial charge in [0.15, 0.2) is 0 Å². The van der Waals surface area contributed by atoms with Crippen LogP contribution in [0.25, 0.3) is 0 Å². The van der Waals surface area contributed by atoms with Gasteiger partial charge in [-0.15, -0.1) is 0 Å². The minimum atomic E-state index is -1.05. The summed E-state index contributed by atoms with van der Waals surface area (Å²) in [5.41, 5.74) is 0.199. The van der Waals surface area contributed by atoms with Crippen molar-refractivity contribution in [1.29, 1.82) is 5.26 Å². The van der Waals surface area contributed by atoms with Crippen LogP contribution in [-0.4, -0.2) is 12.6 Å². The summed E-state index contributed by atoms with van der Waals surface area (Å²) >= 11 is 11.5. The summed E-state index contributed by atoms with van der Waals surface area (Å²) in [5, 5.41) is 9.60. The summed E-state index contributed by atoms with van der Waals surface area (Å²) in [6, 6.07) is 16.2. The molecule has 7 heteroatoms. The van der Waals surface area contributed by atoms with E-state index in [-0.39, 0.29) is 15.8 Å². The number of nitrogens with zero attached hydrogens (tertiary/aromatic N) is 1. The molecule has 0 aliphatic heterocycles. The van der Waals surface area contributed by atoms with Crippen LogP contribution in [0, 0.1) is 28.6 Å². The molecule has 5 nitrogen and oxygen atoms in total. The molecule has 0 radical (unpaired) electrons. The van der Waals surface area contributed by atoms with Gasteiger partial charge < -0.3 is 14.2 Å². The van der Waals surface area contributed by atoms with Crippen molar-refractivity contribution in [3.8, 4) is 23.3 Å². The molecule has 0 spiro atoms. The van der Waals surface area contributed by atoms with Crippen LogP contribution in [0.3, 0.4) is 0 Å². The molecule has 1 fully saturated rings. The molecule has 162 valence electrons. The van der Waals surface area contributed by atoms with E-state index in [0.717, 1.165) is 5.75 Å². The van der Waals surface area contributed by atoms with Crippen LogP contribution in [0.1, 0.15) is 32.4 Å². The molecule has 0 bridgehead atoms. The second-order valence-corrected chi connectivity index (χ2v) is 8.81. The van der Waals surface area contributed by atoms with Gasteiger partial charge in [-0.05, 0) is 60.7 Å². The molecule has 3 atom stereocenters. The molecule has 2 aromatic carbocycles. The SMILES string of the molecule is CCOc1ccc(Oc2cccc(C(C#N)OC(=O)C3C(C=C(Cl)Cl)C3(C)C)c2)cc1. The maximum absolute atomic E-state index is 12.7. The van der Waals surface area contributed by atoms with Crippen molar-refractivity contribution >= 4 is 29.2 Å². The zero-order valence-electron chi connectivity index (χ0n) is 17.5. The number of allylic oxidation sites excluding steroid dienone is 1. The minimum absolute atomic E-state index is 0.115. The van der Waals surface area contributed by atoms with Crippen LogP contribution >= 0.6 is 23.2 Å². The highest BCUT2D eigenvalue weighted by Gasteiger charge is 2.62. The van der Waals surface area contributed by atoms with Crippen molar-refractivity contribution in [2.45, 2.75) is 26.9 Å². The molecule has 1 aliphatic rings. The third kappa shape index (κ3) is 5.52. The molecule has 2 aromatic rings. The lowest BCUT2D eigenvalue weighted by Crippen LogP contribution is -2.14. The van der Waals surface area contributed by atoms with E-state index in [0.29, 0.717) is 23.7 Å². The Balaban J connectivity index is 1.69. The van der Waals surface area contributed by atoms with E-state index in [4.69, 9.17) is 37.4 Å². The Kier molecular flexibility index (Phi) is 7.15. The topological polar surface area (TPSA) is 68.6 Å². The molecule has 3 rings (SSSR count). The van der Waals surface area contributed by atoms with Crippen LogP contribution in [0.2, 0.25) is 0 Å². The van der Waals surface area contributed by atoms with E-state index >= 15 is 0 Å². The van der Waals surface area contributed by atoms with Gasteiger partial charge in [0.25, 0.3) is 0 Å². The number of esters is 1. The number of rotatable bonds is 8. The van der Waals surface area contributed by atoms with Gasteiger partial charge in [0.2, 0.25) is 6.10 Å². The first-order valence-electron chi connectivity index (χ1n) is 9.90. The van der Waals surface area contributed by atoms with Gasteiger partial charge in [0.05, 0.1) is 12.5 Å². The van der Waals surface area contributed by atoms with Crippen molar-refractivity contribution in [2.24, 2.45) is 17.3 Å². The highest BCUT2D eigenvalue weighted by Crippen LogP contribution is 2.60. The zero-order chi connectivity index (χ0) is 22.6. The van der Waals surface area contributed by atoms with Gasteiger partial charge in [-0.25, -0.2) is 0 Å². The summed E-state index contributed by atoms with van der Waals surface area (Å²) in [7, 11) is 0. The van der Waals surface area contributed by atoms with Gasteiger partial charge >= 0.3 is 5.97 Å². The summed E-state index contributed by atoms with van der Waals surface area (Å²) in [5.74, 6) is 0.924. The highest BCUT2D eigenvalue weighted by molar-refractivity contribution is 6.55. The third-order valence-corrected chi connectivity index (χ3v) is 5.60. The smallest absolute Gasteiger partial charge is 0.311 e. The number of carbonyl (C=O) groups is 1. The van der Waals surface area contributed by atoms with Crippen LogP contribution in [0.5, 0.6) is 17.2 Å². The molecular weight excluding hydrogens is 437 g/mol. The summed E-state index contributed by atoms with van der Waals surface area (Å²) in [6.07, 6.45) is 0.589. The van der Waals surface area contributed by atoms with Crippen LogP contribution in [-0.2, 0) is 9.53 Å². The quantitative estimate of drug-likeness (QED) is 0.417. The molecule has 3 unspecified atom stereocenters. The number of hydrogen-bond acceptors (Lipinski definition) is 5. The first kappa shape index (κ1) is 23.0. The number of carbonyl (C=O) groups excluding carboxylic acids is 1. The zero-order valence-corrected chi connectivity index (χ0v) is 19.0. The minimum Gasteiger partial charge on any atom is -0.494 e. The molecule has 0 heterocycles. The summed E-state index contributed by atoms with van der Waals surface area (Å²) < 4.78 is 16.9. The van der Waals surface area contributed by atoms with E-state index < -0.39 is 18.0 Å². The Morgan fingerprint density at radius 1 is 1.16 bits per heavy atom. The maximum atomic E-state index is 12.7. The molecule has 0 N–H and O–H groups in total. The molecular formula is C24H23Cl2NO4. The Hall–Kier alpha value is -2.68. The van der Waals surface area contributed by atoms with Gasteiger partial charge in [0.1, 0.15) is 27.8 Å².